The topological polar surface area (TPSA) is 74.2 Å². The summed E-state index contributed by atoms with van der Waals surface area (Å²) >= 11 is 0. The number of halogens is 1. The standard InChI is InChI=1S/C21H22FN5O/c1-27(18-9-12-4-6-16(26-12)20(18)22)19-11-24-17(10-25-19)14-5-7-15-13(21(14)28)3-2-8-23-15/h2-3,5,7-8,10-12,16,18,20,26,28H,4,6,9H2,1H3/t12?,16?,18-,20+/m0/s1. The van der Waals surface area contributed by atoms with Gasteiger partial charge in [0.15, 0.2) is 0 Å². The number of piperidine rings is 1. The van der Waals surface area contributed by atoms with Crippen molar-refractivity contribution in [1.29, 1.82) is 0 Å². The quantitative estimate of drug-likeness (QED) is 0.729. The number of nitrogens with zero attached hydrogens (tertiary/aromatic N) is 4. The van der Waals surface area contributed by atoms with Crippen LogP contribution in [0.4, 0.5) is 10.2 Å². The predicted octanol–water partition coefficient (Wildman–Crippen LogP) is 3.06. The number of rotatable bonds is 3. The molecule has 2 saturated heterocycles. The van der Waals surface area contributed by atoms with Gasteiger partial charge in [0.1, 0.15) is 17.7 Å². The number of alkyl halides is 1. The lowest BCUT2D eigenvalue weighted by Gasteiger charge is -2.38. The smallest absolute Gasteiger partial charge is 0.147 e. The molecule has 0 spiro atoms. The van der Waals surface area contributed by atoms with Crippen LogP contribution in [0.25, 0.3) is 22.2 Å². The first-order valence-corrected chi connectivity index (χ1v) is 9.64. The molecule has 2 N–H and O–H groups in total. The molecule has 3 aromatic rings. The number of hydrogen-bond donors (Lipinski definition) is 2. The van der Waals surface area contributed by atoms with E-state index in [1.165, 1.54) is 0 Å². The zero-order chi connectivity index (χ0) is 19.3. The van der Waals surface area contributed by atoms with E-state index in [1.807, 2.05) is 24.1 Å². The molecule has 2 aliphatic heterocycles. The molecular formula is C21H22FN5O. The van der Waals surface area contributed by atoms with Crippen LogP contribution in [0.5, 0.6) is 5.75 Å². The molecule has 2 aromatic heterocycles. The molecule has 0 radical (unpaired) electrons. The SMILES string of the molecule is CN(c1cnc(-c2ccc3ncccc3c2O)cn1)[C@H]1CC2CCC(N2)[C@H]1F. The first-order valence-electron chi connectivity index (χ1n) is 9.64. The Morgan fingerprint density at radius 3 is 2.86 bits per heavy atom. The molecule has 4 heterocycles. The third-order valence-corrected chi connectivity index (χ3v) is 6.08. The van der Waals surface area contributed by atoms with Gasteiger partial charge in [-0.25, -0.2) is 9.37 Å². The second-order valence-corrected chi connectivity index (χ2v) is 7.70. The number of aromatic nitrogens is 3. The van der Waals surface area contributed by atoms with Crippen LogP contribution in [0.15, 0.2) is 42.9 Å². The second kappa shape index (κ2) is 6.67. The van der Waals surface area contributed by atoms with Gasteiger partial charge in [0.05, 0.1) is 29.6 Å². The van der Waals surface area contributed by atoms with Crippen molar-refractivity contribution in [2.75, 3.05) is 11.9 Å². The number of pyridine rings is 1. The fourth-order valence-electron chi connectivity index (χ4n) is 4.50. The Labute approximate surface area is 162 Å². The number of benzene rings is 1. The van der Waals surface area contributed by atoms with Crippen LogP contribution in [0.2, 0.25) is 0 Å². The highest BCUT2D eigenvalue weighted by molar-refractivity contribution is 5.91. The Balaban J connectivity index is 1.42. The highest BCUT2D eigenvalue weighted by Gasteiger charge is 2.43. The van der Waals surface area contributed by atoms with Gasteiger partial charge in [-0.1, -0.05) is 0 Å². The summed E-state index contributed by atoms with van der Waals surface area (Å²) < 4.78 is 14.8. The number of fused-ring (bicyclic) bond motifs is 3. The first-order chi connectivity index (χ1) is 13.6. The Morgan fingerprint density at radius 1 is 1.14 bits per heavy atom. The van der Waals surface area contributed by atoms with Gasteiger partial charge in [-0.3, -0.25) is 9.97 Å². The molecule has 0 saturated carbocycles. The van der Waals surface area contributed by atoms with Crippen molar-refractivity contribution in [3.63, 3.8) is 0 Å². The molecule has 2 fully saturated rings. The van der Waals surface area contributed by atoms with E-state index in [-0.39, 0.29) is 17.8 Å². The Hall–Kier alpha value is -2.80. The van der Waals surface area contributed by atoms with Crippen LogP contribution in [0, 0.1) is 0 Å². The molecule has 144 valence electrons. The van der Waals surface area contributed by atoms with Gasteiger partial charge in [-0.2, -0.15) is 0 Å². The van der Waals surface area contributed by atoms with Crippen LogP contribution >= 0.6 is 0 Å². The predicted molar refractivity (Wildman–Crippen MR) is 106 cm³/mol. The third-order valence-electron chi connectivity index (χ3n) is 6.08. The summed E-state index contributed by atoms with van der Waals surface area (Å²) in [6, 6.07) is 7.39. The van der Waals surface area contributed by atoms with Crippen molar-refractivity contribution in [2.45, 2.75) is 43.6 Å². The maximum absolute atomic E-state index is 14.8. The maximum Gasteiger partial charge on any atom is 0.147 e. The number of phenols is 1. The van der Waals surface area contributed by atoms with Crippen LogP contribution in [0.3, 0.4) is 0 Å². The molecule has 28 heavy (non-hydrogen) atoms. The summed E-state index contributed by atoms with van der Waals surface area (Å²) in [6.45, 7) is 0. The molecule has 2 bridgehead atoms. The third kappa shape index (κ3) is 2.77. The fourth-order valence-corrected chi connectivity index (χ4v) is 4.50. The minimum Gasteiger partial charge on any atom is -0.507 e. The summed E-state index contributed by atoms with van der Waals surface area (Å²) in [5.41, 5.74) is 1.90. The van der Waals surface area contributed by atoms with Gasteiger partial charge in [-0.15, -0.1) is 0 Å². The van der Waals surface area contributed by atoms with Gasteiger partial charge in [0, 0.05) is 36.3 Å². The fraction of sp³-hybridized carbons (Fsp3) is 0.381. The van der Waals surface area contributed by atoms with Crippen molar-refractivity contribution in [1.82, 2.24) is 20.3 Å². The summed E-state index contributed by atoms with van der Waals surface area (Å²) in [6.07, 6.45) is 6.77. The highest BCUT2D eigenvalue weighted by Crippen LogP contribution is 2.35. The van der Waals surface area contributed by atoms with Gasteiger partial charge in [-0.05, 0) is 43.5 Å². The van der Waals surface area contributed by atoms with Crippen molar-refractivity contribution in [3.8, 4) is 17.0 Å². The lowest BCUT2D eigenvalue weighted by molar-refractivity contribution is 0.176. The van der Waals surface area contributed by atoms with E-state index in [0.717, 1.165) is 24.8 Å². The van der Waals surface area contributed by atoms with Crippen molar-refractivity contribution in [3.05, 3.63) is 42.9 Å². The van der Waals surface area contributed by atoms with E-state index in [0.29, 0.717) is 28.5 Å². The van der Waals surface area contributed by atoms with Crippen molar-refractivity contribution in [2.24, 2.45) is 0 Å². The minimum absolute atomic E-state index is 0.0541. The molecule has 5 rings (SSSR count). The van der Waals surface area contributed by atoms with Crippen LogP contribution in [-0.4, -0.2) is 51.4 Å². The van der Waals surface area contributed by atoms with E-state index in [1.54, 1.807) is 30.7 Å². The van der Waals surface area contributed by atoms with E-state index >= 15 is 0 Å². The average molecular weight is 379 g/mol. The summed E-state index contributed by atoms with van der Waals surface area (Å²) in [4.78, 5) is 15.1. The monoisotopic (exact) mass is 379 g/mol. The highest BCUT2D eigenvalue weighted by atomic mass is 19.1. The number of aromatic hydroxyl groups is 1. The zero-order valence-corrected chi connectivity index (χ0v) is 15.6. The van der Waals surface area contributed by atoms with Crippen LogP contribution < -0.4 is 10.2 Å². The largest absolute Gasteiger partial charge is 0.507 e. The molecule has 4 atom stereocenters. The molecule has 1 aromatic carbocycles. The van der Waals surface area contributed by atoms with E-state index in [9.17, 15) is 9.50 Å². The number of nitrogens with one attached hydrogen (secondary N) is 1. The second-order valence-electron chi connectivity index (χ2n) is 7.70. The number of anilines is 1. The Morgan fingerprint density at radius 2 is 2.04 bits per heavy atom. The van der Waals surface area contributed by atoms with Crippen LogP contribution in [0.1, 0.15) is 19.3 Å². The van der Waals surface area contributed by atoms with E-state index in [2.05, 4.69) is 20.3 Å². The number of phenolic OH excluding ortho intramolecular Hbond substituents is 1. The summed E-state index contributed by atoms with van der Waals surface area (Å²) in [5, 5.41) is 14.6. The van der Waals surface area contributed by atoms with Crippen molar-refractivity contribution < 1.29 is 9.50 Å². The molecule has 0 amide bonds. The van der Waals surface area contributed by atoms with Crippen molar-refractivity contribution >= 4 is 16.7 Å². The van der Waals surface area contributed by atoms with Gasteiger partial charge in [0.2, 0.25) is 0 Å². The summed E-state index contributed by atoms with van der Waals surface area (Å²) in [5.74, 6) is 0.777. The molecular weight excluding hydrogens is 357 g/mol. The minimum atomic E-state index is -0.915. The van der Waals surface area contributed by atoms with E-state index in [4.69, 9.17) is 0 Å². The zero-order valence-electron chi connectivity index (χ0n) is 15.6. The maximum atomic E-state index is 14.8. The average Bonchev–Trinajstić information content (AvgIpc) is 3.14. The van der Waals surface area contributed by atoms with Gasteiger partial charge < -0.3 is 15.3 Å². The van der Waals surface area contributed by atoms with E-state index < -0.39 is 6.17 Å². The normalized spacial score (nSPS) is 26.5. The lowest BCUT2D eigenvalue weighted by Crippen LogP contribution is -2.55. The van der Waals surface area contributed by atoms with Crippen LogP contribution in [-0.2, 0) is 0 Å². The van der Waals surface area contributed by atoms with Gasteiger partial charge in [0.25, 0.3) is 0 Å². The molecule has 7 heteroatoms. The first kappa shape index (κ1) is 17.3. The number of hydrogen-bond acceptors (Lipinski definition) is 6. The summed E-state index contributed by atoms with van der Waals surface area (Å²) in [7, 11) is 1.88. The lowest BCUT2D eigenvalue weighted by atomic mass is 9.96. The Kier molecular flexibility index (Phi) is 4.12. The Bertz CT molecular complexity index is 1010. The molecule has 0 aliphatic carbocycles. The molecule has 2 unspecified atom stereocenters. The molecule has 6 nitrogen and oxygen atoms in total. The molecule has 2 aliphatic rings. The van der Waals surface area contributed by atoms with Gasteiger partial charge >= 0.3 is 0 Å².